The first-order valence-electron chi connectivity index (χ1n) is 14.4. The van der Waals surface area contributed by atoms with Crippen LogP contribution in [0.25, 0.3) is 0 Å². The third-order valence-electron chi connectivity index (χ3n) is 7.98. The van der Waals surface area contributed by atoms with Gasteiger partial charge in [0.05, 0.1) is 0 Å². The summed E-state index contributed by atoms with van der Waals surface area (Å²) in [7, 11) is -4.08. The topological polar surface area (TPSA) is 163 Å². The predicted molar refractivity (Wildman–Crippen MR) is 147 cm³/mol. The number of hydrogen-bond donors (Lipinski definition) is 4. The molecule has 224 valence electrons. The van der Waals surface area contributed by atoms with Crippen molar-refractivity contribution in [1.82, 2.24) is 25.0 Å². The van der Waals surface area contributed by atoms with Crippen LogP contribution in [-0.2, 0) is 29.3 Å². The molecule has 4 amide bonds. The molecule has 3 fully saturated rings. The van der Waals surface area contributed by atoms with E-state index in [-0.39, 0.29) is 24.3 Å². The van der Waals surface area contributed by atoms with E-state index in [0.29, 0.717) is 32.2 Å². The maximum Gasteiger partial charge on any atom is 0.408 e. The predicted octanol–water partition coefficient (Wildman–Crippen LogP) is 1.77. The number of nitrogens with zero attached hydrogens (tertiary/aromatic N) is 1. The maximum absolute atomic E-state index is 13.6. The molecule has 0 aromatic rings. The highest BCUT2D eigenvalue weighted by molar-refractivity contribution is 7.88. The minimum absolute atomic E-state index is 0.194. The summed E-state index contributed by atoms with van der Waals surface area (Å²) >= 11 is 0. The molecule has 2 aliphatic heterocycles. The summed E-state index contributed by atoms with van der Waals surface area (Å²) in [5, 5.41) is 5.52. The van der Waals surface area contributed by atoms with Crippen molar-refractivity contribution in [1.29, 1.82) is 0 Å². The lowest BCUT2D eigenvalue weighted by molar-refractivity contribution is -0.141. The Bertz CT molecular complexity index is 1130. The molecular weight excluding hydrogens is 538 g/mol. The summed E-state index contributed by atoms with van der Waals surface area (Å²) in [5.41, 5.74) is -2.14. The fourth-order valence-corrected chi connectivity index (χ4v) is 6.69. The number of alkyl carbamates (subject to hydrolysis) is 1. The molecule has 0 aromatic carbocycles. The molecule has 4 atom stereocenters. The Hall–Kier alpha value is -2.67. The van der Waals surface area contributed by atoms with Crippen LogP contribution < -0.4 is 20.1 Å². The van der Waals surface area contributed by atoms with E-state index >= 15 is 0 Å². The van der Waals surface area contributed by atoms with Gasteiger partial charge in [0.15, 0.2) is 0 Å². The second-order valence-electron chi connectivity index (χ2n) is 12.4. The fraction of sp³-hybridized carbons (Fsp3) is 0.778. The Morgan fingerprint density at radius 3 is 2.48 bits per heavy atom. The molecule has 2 saturated carbocycles. The van der Waals surface area contributed by atoms with Crippen LogP contribution in [-0.4, -0.2) is 72.9 Å². The average Bonchev–Trinajstić information content (AvgIpc) is 3.28. The van der Waals surface area contributed by atoms with Gasteiger partial charge < -0.3 is 20.3 Å². The van der Waals surface area contributed by atoms with Crippen LogP contribution in [0.3, 0.4) is 0 Å². The Morgan fingerprint density at radius 2 is 1.80 bits per heavy atom. The molecule has 12 nitrogen and oxygen atoms in total. The second-order valence-corrected chi connectivity index (χ2v) is 13.9. The minimum atomic E-state index is -4.08. The van der Waals surface area contributed by atoms with Crippen LogP contribution in [0.1, 0.15) is 91.4 Å². The molecule has 4 unspecified atom stereocenters. The highest BCUT2D eigenvalue weighted by atomic mass is 32.2. The third kappa shape index (κ3) is 7.54. The van der Waals surface area contributed by atoms with Gasteiger partial charge in [0.2, 0.25) is 11.8 Å². The Balaban J connectivity index is 1.52. The highest BCUT2D eigenvalue weighted by Crippen LogP contribution is 2.45. The van der Waals surface area contributed by atoms with E-state index in [9.17, 15) is 27.6 Å². The molecule has 4 rings (SSSR count). The first-order chi connectivity index (χ1) is 18.8. The molecule has 1 saturated heterocycles. The van der Waals surface area contributed by atoms with E-state index in [1.807, 2.05) is 12.2 Å². The van der Waals surface area contributed by atoms with Crippen molar-refractivity contribution in [3.05, 3.63) is 12.2 Å². The summed E-state index contributed by atoms with van der Waals surface area (Å²) in [6.45, 7) is 5.56. The van der Waals surface area contributed by atoms with Crippen molar-refractivity contribution in [2.45, 2.75) is 121 Å². The molecule has 4 aliphatic rings. The summed E-state index contributed by atoms with van der Waals surface area (Å²) in [5.74, 6) is -2.01. The molecule has 0 spiro atoms. The second kappa shape index (κ2) is 12.1. The monoisotopic (exact) mass is 581 g/mol. The van der Waals surface area contributed by atoms with Crippen LogP contribution in [0, 0.1) is 5.92 Å². The lowest BCUT2D eigenvalue weighted by Crippen LogP contribution is -2.59. The lowest BCUT2D eigenvalue weighted by Gasteiger charge is -2.31. The smallest absolute Gasteiger partial charge is 0.408 e. The fourth-order valence-electron chi connectivity index (χ4n) is 5.53. The summed E-state index contributed by atoms with van der Waals surface area (Å²) < 4.78 is 35.2. The minimum Gasteiger partial charge on any atom is -0.444 e. The van der Waals surface area contributed by atoms with Crippen LogP contribution in [0.4, 0.5) is 4.79 Å². The van der Waals surface area contributed by atoms with Gasteiger partial charge in [-0.3, -0.25) is 14.4 Å². The standard InChI is InChI=1S/C27H43N5O7S/c1-26(2,3)39-25(36)28-20-14-8-6-4-5-7-11-18-17-27(18,24(35)31-40(37,38)30-19-12-9-13-19)29-22(33)21-15-10-16-32(21)23(20)34/h7,11,18-21,30H,4-6,8-10,12-17H2,1-3H3,(H,28,36)(H,29,33)(H,31,35)/b11-7-. The Kier molecular flexibility index (Phi) is 9.13. The van der Waals surface area contributed by atoms with Crippen molar-refractivity contribution >= 4 is 34.0 Å². The first-order valence-corrected chi connectivity index (χ1v) is 15.9. The van der Waals surface area contributed by atoms with Crippen molar-refractivity contribution in [2.75, 3.05) is 6.54 Å². The van der Waals surface area contributed by atoms with Gasteiger partial charge >= 0.3 is 16.3 Å². The van der Waals surface area contributed by atoms with E-state index in [1.54, 1.807) is 20.8 Å². The number of rotatable bonds is 5. The number of ether oxygens (including phenoxy) is 1. The van der Waals surface area contributed by atoms with Gasteiger partial charge in [-0.2, -0.15) is 13.1 Å². The highest BCUT2D eigenvalue weighted by Gasteiger charge is 2.61. The molecule has 40 heavy (non-hydrogen) atoms. The molecular formula is C27H43N5O7S. The lowest BCUT2D eigenvalue weighted by atomic mass is 9.94. The largest absolute Gasteiger partial charge is 0.444 e. The van der Waals surface area contributed by atoms with Gasteiger partial charge in [-0.05, 0) is 72.1 Å². The normalized spacial score (nSPS) is 30.9. The number of allylic oxidation sites excluding steroid dienone is 1. The van der Waals surface area contributed by atoms with Gasteiger partial charge in [0.1, 0.15) is 23.2 Å². The zero-order valence-electron chi connectivity index (χ0n) is 23.7. The zero-order chi connectivity index (χ0) is 29.1. The van der Waals surface area contributed by atoms with Gasteiger partial charge in [-0.25, -0.2) is 9.52 Å². The van der Waals surface area contributed by atoms with E-state index in [0.717, 1.165) is 38.5 Å². The quantitative estimate of drug-likeness (QED) is 0.360. The van der Waals surface area contributed by atoms with Crippen molar-refractivity contribution in [3.8, 4) is 0 Å². The van der Waals surface area contributed by atoms with Crippen molar-refractivity contribution in [3.63, 3.8) is 0 Å². The van der Waals surface area contributed by atoms with Gasteiger partial charge in [0.25, 0.3) is 5.91 Å². The Labute approximate surface area is 236 Å². The van der Waals surface area contributed by atoms with Crippen LogP contribution in [0.5, 0.6) is 0 Å². The van der Waals surface area contributed by atoms with E-state index < -0.39 is 51.3 Å². The number of carbonyl (C=O) groups is 4. The molecule has 0 radical (unpaired) electrons. The molecule has 2 aliphatic carbocycles. The van der Waals surface area contributed by atoms with E-state index in [2.05, 4.69) is 20.1 Å². The van der Waals surface area contributed by atoms with Gasteiger partial charge in [0, 0.05) is 18.5 Å². The average molecular weight is 582 g/mol. The summed E-state index contributed by atoms with van der Waals surface area (Å²) in [6.07, 6.45) is 10.3. The van der Waals surface area contributed by atoms with Gasteiger partial charge in [-0.15, -0.1) is 0 Å². The number of fused-ring (bicyclic) bond motifs is 2. The molecule has 13 heteroatoms. The molecule has 0 aromatic heterocycles. The molecule has 4 N–H and O–H groups in total. The van der Waals surface area contributed by atoms with Crippen molar-refractivity contribution in [2.24, 2.45) is 5.92 Å². The number of hydrogen-bond acceptors (Lipinski definition) is 7. The third-order valence-corrected chi connectivity index (χ3v) is 9.08. The van der Waals surface area contributed by atoms with E-state index in [4.69, 9.17) is 4.74 Å². The molecule has 2 heterocycles. The van der Waals surface area contributed by atoms with Crippen molar-refractivity contribution < 1.29 is 32.3 Å². The Morgan fingerprint density at radius 1 is 1.05 bits per heavy atom. The number of carbonyl (C=O) groups excluding carboxylic acids is 4. The summed E-state index contributed by atoms with van der Waals surface area (Å²) in [6, 6.07) is -1.88. The first kappa shape index (κ1) is 30.3. The number of amides is 4. The molecule has 0 bridgehead atoms. The van der Waals surface area contributed by atoms with Crippen LogP contribution in [0.15, 0.2) is 12.2 Å². The number of nitrogens with one attached hydrogen (secondary N) is 4. The summed E-state index contributed by atoms with van der Waals surface area (Å²) in [4.78, 5) is 54.5. The van der Waals surface area contributed by atoms with Crippen LogP contribution in [0.2, 0.25) is 0 Å². The zero-order valence-corrected chi connectivity index (χ0v) is 24.5. The van der Waals surface area contributed by atoms with Gasteiger partial charge in [-0.1, -0.05) is 31.4 Å². The van der Waals surface area contributed by atoms with Crippen LogP contribution >= 0.6 is 0 Å². The van der Waals surface area contributed by atoms with E-state index in [1.165, 1.54) is 4.90 Å². The maximum atomic E-state index is 13.6. The SMILES string of the molecule is CC(C)(C)OC(=O)NC1CCCCC/C=C\C2CC2(C(=O)NS(=O)(=O)NC2CCC2)NC(=O)C2CCCN2C1=O.